The summed E-state index contributed by atoms with van der Waals surface area (Å²) in [6.07, 6.45) is 0. The Kier molecular flexibility index (Phi) is 4.70. The molecule has 0 radical (unpaired) electrons. The Balaban J connectivity index is 2.80. The van der Waals surface area contributed by atoms with E-state index in [0.29, 0.717) is 12.4 Å². The van der Waals surface area contributed by atoms with Crippen LogP contribution >= 0.6 is 0 Å². The van der Waals surface area contributed by atoms with Crippen LogP contribution in [0.5, 0.6) is 5.75 Å². The number of para-hydroxylation sites is 1. The third-order valence-corrected chi connectivity index (χ3v) is 2.90. The van der Waals surface area contributed by atoms with Gasteiger partial charge in [-0.15, -0.1) is 0 Å². The van der Waals surface area contributed by atoms with Gasteiger partial charge in [0.05, 0.1) is 0 Å². The topological polar surface area (TPSA) is 35.5 Å². The molecular weight excluding hydrogens is 216 g/mol. The minimum atomic E-state index is -0.898. The molecule has 0 fully saturated rings. The van der Waals surface area contributed by atoms with Crippen molar-refractivity contribution in [2.45, 2.75) is 33.3 Å². The summed E-state index contributed by atoms with van der Waals surface area (Å²) in [7, 11) is 0. The maximum atomic E-state index is 12.1. The van der Waals surface area contributed by atoms with Crippen LogP contribution < -0.4 is 4.74 Å². The number of rotatable bonds is 5. The highest BCUT2D eigenvalue weighted by atomic mass is 16.6. The molecule has 0 amide bonds. The molecule has 1 atom stereocenters. The molecule has 0 aromatic heterocycles. The Morgan fingerprint density at radius 2 is 1.88 bits per heavy atom. The van der Waals surface area contributed by atoms with E-state index in [0.717, 1.165) is 0 Å². The Morgan fingerprint density at radius 3 is 2.35 bits per heavy atom. The zero-order valence-electron chi connectivity index (χ0n) is 10.9. The fourth-order valence-electron chi connectivity index (χ4n) is 1.46. The molecule has 17 heavy (non-hydrogen) atoms. The number of esters is 1. The monoisotopic (exact) mass is 236 g/mol. The van der Waals surface area contributed by atoms with E-state index in [1.54, 1.807) is 19.1 Å². The van der Waals surface area contributed by atoms with Gasteiger partial charge in [-0.2, -0.15) is 0 Å². The third kappa shape index (κ3) is 3.30. The summed E-state index contributed by atoms with van der Waals surface area (Å²) >= 11 is 0. The Labute approximate surface area is 103 Å². The van der Waals surface area contributed by atoms with E-state index in [4.69, 9.17) is 9.47 Å². The zero-order chi connectivity index (χ0) is 12.9. The van der Waals surface area contributed by atoms with Gasteiger partial charge in [-0.1, -0.05) is 32.0 Å². The lowest BCUT2D eigenvalue weighted by Crippen LogP contribution is -2.46. The van der Waals surface area contributed by atoms with Crippen LogP contribution in [0.3, 0.4) is 0 Å². The van der Waals surface area contributed by atoms with Crippen molar-refractivity contribution in [1.82, 2.24) is 0 Å². The van der Waals surface area contributed by atoms with Crippen molar-refractivity contribution in [2.75, 3.05) is 6.61 Å². The molecule has 0 saturated heterocycles. The summed E-state index contributed by atoms with van der Waals surface area (Å²) in [5, 5.41) is 0. The highest BCUT2D eigenvalue weighted by Crippen LogP contribution is 2.24. The summed E-state index contributed by atoms with van der Waals surface area (Å²) in [5.74, 6) is 0.253. The maximum Gasteiger partial charge on any atom is 0.343 e. The molecule has 0 bridgehead atoms. The van der Waals surface area contributed by atoms with Crippen LogP contribution in [0.4, 0.5) is 0 Å². The molecule has 1 rings (SSSR count). The maximum absolute atomic E-state index is 12.1. The lowest BCUT2D eigenvalue weighted by atomic mass is 9.92. The summed E-state index contributed by atoms with van der Waals surface area (Å²) in [4.78, 5) is 12.1. The summed E-state index contributed by atoms with van der Waals surface area (Å²) in [6.45, 7) is 8.02. The van der Waals surface area contributed by atoms with Crippen molar-refractivity contribution in [3.05, 3.63) is 30.3 Å². The molecule has 1 aromatic rings. The number of ether oxygens (including phenoxy) is 2. The van der Waals surface area contributed by atoms with Gasteiger partial charge in [0.25, 0.3) is 0 Å². The lowest BCUT2D eigenvalue weighted by Gasteiger charge is -2.30. The Bertz CT molecular complexity index is 359. The van der Waals surface area contributed by atoms with Crippen molar-refractivity contribution in [2.24, 2.45) is 5.92 Å². The van der Waals surface area contributed by atoms with Gasteiger partial charge in [-0.25, -0.2) is 4.79 Å². The number of carbonyl (C=O) groups is 1. The molecule has 1 unspecified atom stereocenters. The van der Waals surface area contributed by atoms with E-state index in [1.807, 2.05) is 39.0 Å². The smallest absolute Gasteiger partial charge is 0.343 e. The molecule has 3 nitrogen and oxygen atoms in total. The predicted molar refractivity (Wildman–Crippen MR) is 66.9 cm³/mol. The predicted octanol–water partition coefficient (Wildman–Crippen LogP) is 3.04. The van der Waals surface area contributed by atoms with E-state index in [1.165, 1.54) is 0 Å². The molecule has 0 spiro atoms. The molecule has 0 heterocycles. The van der Waals surface area contributed by atoms with Crippen LogP contribution in [0.2, 0.25) is 0 Å². The largest absolute Gasteiger partial charge is 0.424 e. The molecule has 0 aliphatic heterocycles. The van der Waals surface area contributed by atoms with E-state index in [-0.39, 0.29) is 11.9 Å². The number of benzene rings is 1. The summed E-state index contributed by atoms with van der Waals surface area (Å²) in [5.41, 5.74) is -0.898. The van der Waals surface area contributed by atoms with Crippen molar-refractivity contribution in [1.29, 1.82) is 0 Å². The van der Waals surface area contributed by atoms with Crippen LogP contribution in [0.1, 0.15) is 27.7 Å². The van der Waals surface area contributed by atoms with E-state index >= 15 is 0 Å². The van der Waals surface area contributed by atoms with Crippen LogP contribution in [0, 0.1) is 5.92 Å². The number of hydrogen-bond donors (Lipinski definition) is 0. The fraction of sp³-hybridized carbons (Fsp3) is 0.500. The molecular formula is C14H20O3. The molecule has 94 valence electrons. The first-order valence-electron chi connectivity index (χ1n) is 5.92. The number of hydrogen-bond acceptors (Lipinski definition) is 3. The van der Waals surface area contributed by atoms with Gasteiger partial charge in [0, 0.05) is 6.61 Å². The second-order valence-corrected chi connectivity index (χ2v) is 4.40. The van der Waals surface area contributed by atoms with E-state index in [9.17, 15) is 4.79 Å². The lowest BCUT2D eigenvalue weighted by molar-refractivity contribution is -0.166. The molecule has 3 heteroatoms. The zero-order valence-corrected chi connectivity index (χ0v) is 10.9. The summed E-state index contributed by atoms with van der Waals surface area (Å²) in [6, 6.07) is 9.04. The van der Waals surface area contributed by atoms with E-state index < -0.39 is 5.60 Å². The van der Waals surface area contributed by atoms with Crippen molar-refractivity contribution in [3.8, 4) is 5.75 Å². The Hall–Kier alpha value is -1.35. The van der Waals surface area contributed by atoms with Gasteiger partial charge in [0.15, 0.2) is 5.60 Å². The van der Waals surface area contributed by atoms with E-state index in [2.05, 4.69) is 0 Å². The molecule has 0 aliphatic rings. The Morgan fingerprint density at radius 1 is 1.29 bits per heavy atom. The minimum absolute atomic E-state index is 0.0543. The average Bonchev–Trinajstić information content (AvgIpc) is 2.30. The highest BCUT2D eigenvalue weighted by molar-refractivity contribution is 5.81. The molecule has 0 saturated carbocycles. The number of carbonyl (C=O) groups excluding carboxylic acids is 1. The second kappa shape index (κ2) is 5.82. The van der Waals surface area contributed by atoms with Gasteiger partial charge < -0.3 is 9.47 Å². The second-order valence-electron chi connectivity index (χ2n) is 4.40. The van der Waals surface area contributed by atoms with Gasteiger partial charge in [-0.3, -0.25) is 0 Å². The molecule has 0 N–H and O–H groups in total. The normalized spacial score (nSPS) is 14.4. The summed E-state index contributed by atoms with van der Waals surface area (Å²) < 4.78 is 10.9. The van der Waals surface area contributed by atoms with Crippen LogP contribution in [0.25, 0.3) is 0 Å². The quantitative estimate of drug-likeness (QED) is 0.582. The van der Waals surface area contributed by atoms with Gasteiger partial charge in [0.2, 0.25) is 0 Å². The van der Waals surface area contributed by atoms with Crippen molar-refractivity contribution >= 4 is 5.97 Å². The standard InChI is InChI=1S/C14H20O3/c1-5-16-14(4,11(2)3)13(15)17-12-9-7-6-8-10-12/h6-11H,5H2,1-4H3. The van der Waals surface area contributed by atoms with Gasteiger partial charge >= 0.3 is 5.97 Å². The third-order valence-electron chi connectivity index (χ3n) is 2.90. The highest BCUT2D eigenvalue weighted by Gasteiger charge is 2.39. The first kappa shape index (κ1) is 13.7. The van der Waals surface area contributed by atoms with Gasteiger partial charge in [0.1, 0.15) is 5.75 Å². The molecule has 0 aliphatic carbocycles. The first-order chi connectivity index (χ1) is 8.00. The first-order valence-corrected chi connectivity index (χ1v) is 5.92. The average molecular weight is 236 g/mol. The SMILES string of the molecule is CCOC(C)(C(=O)Oc1ccccc1)C(C)C. The minimum Gasteiger partial charge on any atom is -0.424 e. The van der Waals surface area contributed by atoms with Crippen molar-refractivity contribution in [3.63, 3.8) is 0 Å². The van der Waals surface area contributed by atoms with Gasteiger partial charge in [-0.05, 0) is 31.9 Å². The van der Waals surface area contributed by atoms with Crippen LogP contribution in [0.15, 0.2) is 30.3 Å². The van der Waals surface area contributed by atoms with Crippen molar-refractivity contribution < 1.29 is 14.3 Å². The molecule has 1 aromatic carbocycles. The van der Waals surface area contributed by atoms with Crippen LogP contribution in [-0.4, -0.2) is 18.2 Å². The fourth-order valence-corrected chi connectivity index (χ4v) is 1.46. The van der Waals surface area contributed by atoms with Crippen LogP contribution in [-0.2, 0) is 9.53 Å².